The minimum absolute atomic E-state index is 0.196. The highest BCUT2D eigenvalue weighted by Gasteiger charge is 2.19. The van der Waals surface area contributed by atoms with Gasteiger partial charge in [0.05, 0.1) is 12.4 Å². The van der Waals surface area contributed by atoms with Crippen molar-refractivity contribution in [1.29, 1.82) is 0 Å². The number of carbonyl (C=O) groups is 1. The van der Waals surface area contributed by atoms with Crippen LogP contribution in [0.15, 0.2) is 12.4 Å². The minimum atomic E-state index is -0.196. The van der Waals surface area contributed by atoms with Gasteiger partial charge in [-0.3, -0.25) is 4.79 Å². The van der Waals surface area contributed by atoms with Crippen molar-refractivity contribution >= 4 is 17.5 Å². The number of amides is 1. The van der Waals surface area contributed by atoms with Gasteiger partial charge in [0, 0.05) is 12.6 Å². The third-order valence-corrected chi connectivity index (χ3v) is 3.47. The molecular formula is C12H17ClN4O. The summed E-state index contributed by atoms with van der Waals surface area (Å²) in [5, 5.41) is 3.18. The number of hydrogen-bond acceptors (Lipinski definition) is 4. The van der Waals surface area contributed by atoms with Crippen LogP contribution < -0.4 is 5.32 Å². The predicted octanol–water partition coefficient (Wildman–Crippen LogP) is 1.34. The third kappa shape index (κ3) is 3.40. The van der Waals surface area contributed by atoms with Crippen LogP contribution in [0.25, 0.3) is 0 Å². The second kappa shape index (κ2) is 6.11. The minimum Gasteiger partial charge on any atom is -0.349 e. The van der Waals surface area contributed by atoms with Crippen molar-refractivity contribution in [3.05, 3.63) is 23.2 Å². The lowest BCUT2D eigenvalue weighted by atomic mass is 10.0. The Morgan fingerprint density at radius 2 is 2.33 bits per heavy atom. The van der Waals surface area contributed by atoms with E-state index in [0.29, 0.717) is 23.4 Å². The molecule has 1 N–H and O–H groups in total. The number of aromatic nitrogens is 2. The van der Waals surface area contributed by atoms with Crippen molar-refractivity contribution < 1.29 is 4.79 Å². The summed E-state index contributed by atoms with van der Waals surface area (Å²) in [6, 6.07) is 0.419. The number of likely N-dealkylation sites (N-methyl/N-ethyl adjacent to an activating group) is 1. The number of carbonyl (C=O) groups excluding carboxylic acids is 1. The van der Waals surface area contributed by atoms with Crippen molar-refractivity contribution in [2.45, 2.75) is 25.3 Å². The van der Waals surface area contributed by atoms with E-state index in [1.807, 2.05) is 0 Å². The molecule has 1 atom stereocenters. The van der Waals surface area contributed by atoms with Crippen LogP contribution >= 0.6 is 11.6 Å². The standard InChI is InChI=1S/C12H17ClN4O/c1-17-5-3-2-4-9(17)6-16-12(18)10-7-15-11(13)8-14-10/h7-9H,2-6H2,1H3,(H,16,18). The molecule has 1 fully saturated rings. The molecule has 2 heterocycles. The molecule has 0 radical (unpaired) electrons. The van der Waals surface area contributed by atoms with Crippen LogP contribution in [-0.4, -0.2) is 47.0 Å². The van der Waals surface area contributed by atoms with Crippen molar-refractivity contribution in [2.75, 3.05) is 20.1 Å². The van der Waals surface area contributed by atoms with E-state index in [1.54, 1.807) is 0 Å². The summed E-state index contributed by atoms with van der Waals surface area (Å²) in [6.45, 7) is 1.75. The molecule has 1 aliphatic heterocycles. The summed E-state index contributed by atoms with van der Waals surface area (Å²) in [5.74, 6) is -0.196. The number of likely N-dealkylation sites (tertiary alicyclic amines) is 1. The van der Waals surface area contributed by atoms with Crippen LogP contribution in [-0.2, 0) is 0 Å². The second-order valence-electron chi connectivity index (χ2n) is 4.56. The molecule has 0 aliphatic carbocycles. The fourth-order valence-corrected chi connectivity index (χ4v) is 2.23. The van der Waals surface area contributed by atoms with Gasteiger partial charge in [-0.05, 0) is 26.4 Å². The van der Waals surface area contributed by atoms with Crippen LogP contribution in [0.3, 0.4) is 0 Å². The van der Waals surface area contributed by atoms with Crippen molar-refractivity contribution in [1.82, 2.24) is 20.2 Å². The molecule has 1 aliphatic rings. The Bertz CT molecular complexity index is 409. The van der Waals surface area contributed by atoms with Gasteiger partial charge in [-0.2, -0.15) is 0 Å². The number of halogens is 1. The Balaban J connectivity index is 1.86. The van der Waals surface area contributed by atoms with E-state index in [1.165, 1.54) is 25.2 Å². The Morgan fingerprint density at radius 3 is 3.00 bits per heavy atom. The molecule has 1 aromatic heterocycles. The molecule has 1 amide bonds. The summed E-state index contributed by atoms with van der Waals surface area (Å²) in [6.07, 6.45) is 6.36. The molecule has 0 saturated carbocycles. The Kier molecular flexibility index (Phi) is 4.49. The normalized spacial score (nSPS) is 20.7. The van der Waals surface area contributed by atoms with Gasteiger partial charge in [0.15, 0.2) is 0 Å². The summed E-state index contributed by atoms with van der Waals surface area (Å²) in [7, 11) is 2.10. The Hall–Kier alpha value is -1.20. The van der Waals surface area contributed by atoms with E-state index >= 15 is 0 Å². The third-order valence-electron chi connectivity index (χ3n) is 3.27. The first-order chi connectivity index (χ1) is 8.66. The van der Waals surface area contributed by atoms with E-state index in [9.17, 15) is 4.79 Å². The van der Waals surface area contributed by atoms with Crippen molar-refractivity contribution in [2.24, 2.45) is 0 Å². The van der Waals surface area contributed by atoms with E-state index in [2.05, 4.69) is 27.2 Å². The molecule has 18 heavy (non-hydrogen) atoms. The molecule has 6 heteroatoms. The van der Waals surface area contributed by atoms with Crippen LogP contribution in [0.5, 0.6) is 0 Å². The van der Waals surface area contributed by atoms with Gasteiger partial charge >= 0.3 is 0 Å². The quantitative estimate of drug-likeness (QED) is 0.899. The highest BCUT2D eigenvalue weighted by molar-refractivity contribution is 6.29. The molecule has 0 aromatic carbocycles. The van der Waals surface area contributed by atoms with E-state index in [-0.39, 0.29) is 5.91 Å². The molecule has 2 rings (SSSR count). The van der Waals surface area contributed by atoms with Crippen LogP contribution in [0, 0.1) is 0 Å². The van der Waals surface area contributed by atoms with Crippen LogP contribution in [0.1, 0.15) is 29.8 Å². The first kappa shape index (κ1) is 13.2. The Morgan fingerprint density at radius 1 is 1.50 bits per heavy atom. The van der Waals surface area contributed by atoms with Crippen molar-refractivity contribution in [3.8, 4) is 0 Å². The predicted molar refractivity (Wildman–Crippen MR) is 69.6 cm³/mol. The van der Waals surface area contributed by atoms with Gasteiger partial charge in [0.2, 0.25) is 0 Å². The Labute approximate surface area is 112 Å². The molecule has 1 unspecified atom stereocenters. The lowest BCUT2D eigenvalue weighted by Crippen LogP contribution is -2.44. The zero-order valence-electron chi connectivity index (χ0n) is 10.4. The van der Waals surface area contributed by atoms with Gasteiger partial charge in [-0.15, -0.1) is 0 Å². The second-order valence-corrected chi connectivity index (χ2v) is 4.95. The number of hydrogen-bond donors (Lipinski definition) is 1. The monoisotopic (exact) mass is 268 g/mol. The van der Waals surface area contributed by atoms with Gasteiger partial charge < -0.3 is 10.2 Å². The average molecular weight is 269 g/mol. The maximum Gasteiger partial charge on any atom is 0.271 e. The van der Waals surface area contributed by atoms with Gasteiger partial charge in [-0.25, -0.2) is 9.97 Å². The number of rotatable bonds is 3. The van der Waals surface area contributed by atoms with Gasteiger partial charge in [0.25, 0.3) is 5.91 Å². The fourth-order valence-electron chi connectivity index (χ4n) is 2.13. The molecule has 0 spiro atoms. The molecular weight excluding hydrogens is 252 g/mol. The number of nitrogens with zero attached hydrogens (tertiary/aromatic N) is 3. The van der Waals surface area contributed by atoms with E-state index < -0.39 is 0 Å². The zero-order chi connectivity index (χ0) is 13.0. The maximum atomic E-state index is 11.8. The lowest BCUT2D eigenvalue weighted by Gasteiger charge is -2.32. The van der Waals surface area contributed by atoms with Crippen LogP contribution in [0.4, 0.5) is 0 Å². The smallest absolute Gasteiger partial charge is 0.271 e. The molecule has 0 bridgehead atoms. The highest BCUT2D eigenvalue weighted by atomic mass is 35.5. The van der Waals surface area contributed by atoms with E-state index in [0.717, 1.165) is 13.0 Å². The first-order valence-electron chi connectivity index (χ1n) is 6.13. The lowest BCUT2D eigenvalue weighted by molar-refractivity contribution is 0.0923. The highest BCUT2D eigenvalue weighted by Crippen LogP contribution is 2.14. The van der Waals surface area contributed by atoms with Gasteiger partial charge in [0.1, 0.15) is 10.8 Å². The zero-order valence-corrected chi connectivity index (χ0v) is 11.2. The van der Waals surface area contributed by atoms with Crippen molar-refractivity contribution in [3.63, 3.8) is 0 Å². The molecule has 5 nitrogen and oxygen atoms in total. The summed E-state index contributed by atoms with van der Waals surface area (Å²) in [4.78, 5) is 21.9. The molecule has 98 valence electrons. The summed E-state index contributed by atoms with van der Waals surface area (Å²) < 4.78 is 0. The average Bonchev–Trinajstić information content (AvgIpc) is 2.38. The summed E-state index contributed by atoms with van der Waals surface area (Å²) >= 11 is 5.62. The summed E-state index contributed by atoms with van der Waals surface area (Å²) in [5.41, 5.74) is 0.304. The van der Waals surface area contributed by atoms with Gasteiger partial charge in [-0.1, -0.05) is 18.0 Å². The number of piperidine rings is 1. The molecule has 1 saturated heterocycles. The number of nitrogens with one attached hydrogen (secondary N) is 1. The van der Waals surface area contributed by atoms with E-state index in [4.69, 9.17) is 11.6 Å². The fraction of sp³-hybridized carbons (Fsp3) is 0.583. The maximum absolute atomic E-state index is 11.8. The topological polar surface area (TPSA) is 58.1 Å². The SMILES string of the molecule is CN1CCCCC1CNC(=O)c1cnc(Cl)cn1. The van der Waals surface area contributed by atoms with Crippen LogP contribution in [0.2, 0.25) is 5.15 Å². The first-order valence-corrected chi connectivity index (χ1v) is 6.50. The molecule has 1 aromatic rings. The largest absolute Gasteiger partial charge is 0.349 e.